The Morgan fingerprint density at radius 3 is 2.65 bits per heavy atom. The lowest BCUT2D eigenvalue weighted by atomic mass is 10.1. The van der Waals surface area contributed by atoms with Gasteiger partial charge < -0.3 is 9.84 Å². The molecule has 3 N–H and O–H groups in total. The molecule has 3 atom stereocenters. The molecule has 2 saturated heterocycles. The number of carbonyl (C=O) groups is 2. The third-order valence-corrected chi connectivity index (χ3v) is 5.88. The average molecular weight is 383 g/mol. The van der Waals surface area contributed by atoms with Crippen LogP contribution in [0, 0.1) is 6.92 Å². The Balaban J connectivity index is 1.59. The summed E-state index contributed by atoms with van der Waals surface area (Å²) < 4.78 is 32.7. The van der Waals surface area contributed by atoms with Crippen LogP contribution in [-0.4, -0.2) is 61.9 Å². The maximum atomic E-state index is 12.3. The van der Waals surface area contributed by atoms with E-state index >= 15 is 0 Å². The fraction of sp³-hybridized carbons (Fsp3) is 0.500. The molecule has 2 aliphatic heterocycles. The van der Waals surface area contributed by atoms with Crippen LogP contribution >= 0.6 is 0 Å². The van der Waals surface area contributed by atoms with Crippen LogP contribution in [-0.2, 0) is 19.6 Å². The number of aliphatic hydroxyl groups excluding tert-OH is 1. The number of rotatable bonds is 5. The van der Waals surface area contributed by atoms with E-state index < -0.39 is 34.5 Å². The molecule has 26 heavy (non-hydrogen) atoms. The molecule has 2 fully saturated rings. The number of carbonyl (C=O) groups excluding carboxylic acids is 2. The minimum Gasteiger partial charge on any atom is -0.390 e. The number of ether oxygens (including phenoxy) is 1. The van der Waals surface area contributed by atoms with Gasteiger partial charge in [0.25, 0.3) is 0 Å². The molecule has 2 heterocycles. The van der Waals surface area contributed by atoms with Crippen LogP contribution in [0.25, 0.3) is 0 Å². The number of nitrogens with zero attached hydrogens (tertiary/aromatic N) is 1. The van der Waals surface area contributed by atoms with E-state index in [0.29, 0.717) is 0 Å². The largest absolute Gasteiger partial charge is 0.390 e. The van der Waals surface area contributed by atoms with Gasteiger partial charge in [0.05, 0.1) is 17.1 Å². The highest BCUT2D eigenvalue weighted by atomic mass is 32.2. The quantitative estimate of drug-likeness (QED) is 0.641. The summed E-state index contributed by atoms with van der Waals surface area (Å²) in [5.74, 6) is -0.354. The molecule has 0 aliphatic carbocycles. The lowest BCUT2D eigenvalue weighted by Crippen LogP contribution is -2.53. The fourth-order valence-electron chi connectivity index (χ4n) is 2.94. The fourth-order valence-corrected chi connectivity index (χ4v) is 3.98. The average Bonchev–Trinajstić information content (AvgIpc) is 2.94. The van der Waals surface area contributed by atoms with Crippen LogP contribution < -0.4 is 10.0 Å². The predicted octanol–water partition coefficient (Wildman–Crippen LogP) is -0.309. The highest BCUT2D eigenvalue weighted by molar-refractivity contribution is 7.89. The molecule has 0 unspecified atom stereocenters. The van der Waals surface area contributed by atoms with E-state index in [2.05, 4.69) is 10.0 Å². The second-order valence-electron chi connectivity index (χ2n) is 6.39. The summed E-state index contributed by atoms with van der Waals surface area (Å²) in [5.41, 5.74) is 0.944. The number of hydrogen-bond donors (Lipinski definition) is 3. The number of aryl methyl sites for hydroxylation is 1. The number of amides is 3. The van der Waals surface area contributed by atoms with Crippen molar-refractivity contribution in [1.29, 1.82) is 0 Å². The molecule has 2 aliphatic rings. The Hall–Kier alpha value is -2.01. The first-order chi connectivity index (χ1) is 12.3. The summed E-state index contributed by atoms with van der Waals surface area (Å²) in [6, 6.07) is 5.83. The van der Waals surface area contributed by atoms with E-state index in [1.165, 1.54) is 17.0 Å². The summed E-state index contributed by atoms with van der Waals surface area (Å²) in [6.45, 7) is 1.93. The zero-order chi connectivity index (χ0) is 18.9. The van der Waals surface area contributed by atoms with Crippen molar-refractivity contribution < 1.29 is 27.9 Å². The van der Waals surface area contributed by atoms with Crippen LogP contribution in [0.5, 0.6) is 0 Å². The number of hydrogen-bond acceptors (Lipinski definition) is 6. The standard InChI is InChI=1S/C16H21N3O6S/c1-10-2-4-11(5-3-10)26(23,24)17-9-13-12(20)8-15(25-13)19-7-6-14(21)18-16(19)22/h2-5,12-13,15,17,20H,6-9H2,1H3,(H,18,21,22)/t12-,13+,15+/m0/s1. The molecule has 9 nitrogen and oxygen atoms in total. The van der Waals surface area contributed by atoms with Gasteiger partial charge in [-0.25, -0.2) is 17.9 Å². The highest BCUT2D eigenvalue weighted by Gasteiger charge is 2.40. The van der Waals surface area contributed by atoms with E-state index in [1.54, 1.807) is 12.1 Å². The van der Waals surface area contributed by atoms with E-state index in [-0.39, 0.29) is 36.7 Å². The first kappa shape index (κ1) is 18.8. The summed E-state index contributed by atoms with van der Waals surface area (Å²) >= 11 is 0. The van der Waals surface area contributed by atoms with Crippen molar-refractivity contribution in [2.24, 2.45) is 0 Å². The molecule has 0 bridgehead atoms. The zero-order valence-corrected chi connectivity index (χ0v) is 15.0. The molecule has 10 heteroatoms. The Kier molecular flexibility index (Phi) is 5.28. The Morgan fingerprint density at radius 1 is 1.31 bits per heavy atom. The maximum absolute atomic E-state index is 12.3. The van der Waals surface area contributed by atoms with Crippen LogP contribution in [0.15, 0.2) is 29.2 Å². The Labute approximate surface area is 151 Å². The van der Waals surface area contributed by atoms with Gasteiger partial charge >= 0.3 is 6.03 Å². The summed E-state index contributed by atoms with van der Waals surface area (Å²) in [5, 5.41) is 12.3. The first-order valence-electron chi connectivity index (χ1n) is 8.26. The SMILES string of the molecule is Cc1ccc(S(=O)(=O)NC[C@H]2O[C@@H](N3CCC(=O)NC3=O)C[C@@H]2O)cc1. The molecule has 3 amide bonds. The molecule has 1 aromatic rings. The predicted molar refractivity (Wildman–Crippen MR) is 90.5 cm³/mol. The lowest BCUT2D eigenvalue weighted by molar-refractivity contribution is -0.123. The van der Waals surface area contributed by atoms with Crippen molar-refractivity contribution in [3.8, 4) is 0 Å². The van der Waals surface area contributed by atoms with Crippen molar-refractivity contribution in [3.05, 3.63) is 29.8 Å². The van der Waals surface area contributed by atoms with E-state index in [9.17, 15) is 23.1 Å². The monoisotopic (exact) mass is 383 g/mol. The first-order valence-corrected chi connectivity index (χ1v) is 9.75. The normalized spacial score (nSPS) is 26.8. The third-order valence-electron chi connectivity index (χ3n) is 4.44. The Bertz CT molecular complexity index is 795. The van der Waals surface area contributed by atoms with Crippen molar-refractivity contribution >= 4 is 22.0 Å². The van der Waals surface area contributed by atoms with Crippen molar-refractivity contribution in [3.63, 3.8) is 0 Å². The number of sulfonamides is 1. The topological polar surface area (TPSA) is 125 Å². The van der Waals surface area contributed by atoms with Gasteiger partial charge in [0.1, 0.15) is 6.23 Å². The van der Waals surface area contributed by atoms with Gasteiger partial charge in [-0.15, -0.1) is 0 Å². The molecule has 3 rings (SSSR count). The minimum absolute atomic E-state index is 0.123. The molecular weight excluding hydrogens is 362 g/mol. The molecular formula is C16H21N3O6S. The van der Waals surface area contributed by atoms with Crippen LogP contribution in [0.2, 0.25) is 0 Å². The summed E-state index contributed by atoms with van der Waals surface area (Å²) in [6.07, 6.45) is -2.10. The molecule has 1 aromatic carbocycles. The van der Waals surface area contributed by atoms with E-state index in [1.807, 2.05) is 6.92 Å². The molecule has 0 radical (unpaired) electrons. The molecule has 0 saturated carbocycles. The molecule has 142 valence electrons. The van der Waals surface area contributed by atoms with Gasteiger partial charge in [-0.1, -0.05) is 17.7 Å². The number of urea groups is 1. The van der Waals surface area contributed by atoms with Crippen LogP contribution in [0.4, 0.5) is 4.79 Å². The van der Waals surface area contributed by atoms with E-state index in [4.69, 9.17) is 4.74 Å². The van der Waals surface area contributed by atoms with Gasteiger partial charge in [-0.2, -0.15) is 0 Å². The number of nitrogens with one attached hydrogen (secondary N) is 2. The maximum Gasteiger partial charge on any atom is 0.326 e. The number of benzene rings is 1. The van der Waals surface area contributed by atoms with Crippen molar-refractivity contribution in [2.75, 3.05) is 13.1 Å². The minimum atomic E-state index is -3.73. The van der Waals surface area contributed by atoms with Gasteiger partial charge in [0, 0.05) is 25.9 Å². The Morgan fingerprint density at radius 2 is 2.00 bits per heavy atom. The number of imide groups is 1. The van der Waals surface area contributed by atoms with Gasteiger partial charge in [-0.3, -0.25) is 15.0 Å². The third kappa shape index (κ3) is 4.04. The number of aliphatic hydroxyl groups is 1. The molecule has 0 aromatic heterocycles. The summed E-state index contributed by atoms with van der Waals surface area (Å²) in [7, 11) is -3.73. The van der Waals surface area contributed by atoms with Crippen LogP contribution in [0.3, 0.4) is 0 Å². The van der Waals surface area contributed by atoms with Gasteiger partial charge in [0.15, 0.2) is 0 Å². The van der Waals surface area contributed by atoms with Crippen molar-refractivity contribution in [2.45, 2.75) is 43.1 Å². The van der Waals surface area contributed by atoms with Gasteiger partial charge in [-0.05, 0) is 19.1 Å². The lowest BCUT2D eigenvalue weighted by Gasteiger charge is -2.31. The molecule has 0 spiro atoms. The zero-order valence-electron chi connectivity index (χ0n) is 14.2. The van der Waals surface area contributed by atoms with E-state index in [0.717, 1.165) is 5.56 Å². The summed E-state index contributed by atoms with van der Waals surface area (Å²) in [4.78, 5) is 24.5. The van der Waals surface area contributed by atoms with Crippen molar-refractivity contribution in [1.82, 2.24) is 14.9 Å². The second kappa shape index (κ2) is 7.31. The highest BCUT2D eigenvalue weighted by Crippen LogP contribution is 2.25. The second-order valence-corrected chi connectivity index (χ2v) is 8.16. The van der Waals surface area contributed by atoms with Gasteiger partial charge in [0.2, 0.25) is 15.9 Å². The van der Waals surface area contributed by atoms with Crippen LogP contribution in [0.1, 0.15) is 18.4 Å². The smallest absolute Gasteiger partial charge is 0.326 e.